The first kappa shape index (κ1) is 82.3. The highest BCUT2D eigenvalue weighted by Crippen LogP contribution is 2.64. The SMILES string of the molecule is CC(C)(C)c1cc2ccc3ccc(-c4ccc5c(c4)c4cc6ccccc6cc4c4cc6c(-c7ccccc7)c7c(c(-c8ccccc8)c6cc54)-c4cc5cccc6ccc8ccc-7c4c8c65)c4ccc(c1)c2c34.CC(C)(C)c1cc2ccc3ccc(-c4ccc5c(c4)c4cc6ccccc6cc4c4cc6c(-c7ccccc7)c7c(c(-c8ccccc8)c6cc54)-c4ccc5ccc6cccc8cc-7c4c5c68)c4ccc(c1)c2c34. The molecule has 0 amide bonds. The maximum absolute atomic E-state index is 2.58. The zero-order valence-electron chi connectivity index (χ0n) is 82.7. The molecule has 0 atom stereocenters. The Hall–Kier alpha value is -18.2. The maximum atomic E-state index is 2.58. The molecule has 32 aromatic carbocycles. The molecule has 0 saturated heterocycles. The van der Waals surface area contributed by atoms with Gasteiger partial charge in [0, 0.05) is 0 Å². The van der Waals surface area contributed by atoms with Crippen LogP contribution in [0.5, 0.6) is 0 Å². The van der Waals surface area contributed by atoms with E-state index in [9.17, 15) is 0 Å². The van der Waals surface area contributed by atoms with Crippen LogP contribution < -0.4 is 0 Å². The number of rotatable bonds is 6. The second kappa shape index (κ2) is 29.8. The summed E-state index contributed by atoms with van der Waals surface area (Å²) in [5.74, 6) is 0. The standard InChI is InChI=1S/2C74H46/c1-74(2,3)52-33-50-24-23-44-25-29-53(55-31-28-51(34-52)66(50)67(44)55)48-27-30-54-57(37-48)58-35-46-17-10-11-18-47(46)36-59(58)61-40-63-62(39-60(54)61)69(42-15-8-5-9-16-42)73-64-38-49-20-12-19-43-21-22-45-26-32-56(71(64)70(45)65(43)49)72(73)68(63)41-13-6-4-7-14-41;1-74(2,3)52-33-50-24-23-44-25-29-53(55-31-28-51(34-52)66(50)67(44)55)48-27-30-54-57(37-48)58-35-46-17-10-11-18-47(46)36-59(58)61-40-63-62(39-60(54)61)68(41-13-6-4-7-14-41)72-56-32-26-45-22-21-43-19-12-20-49-38-64(71(56)70(45)65(43)49)73(72)69(63)42-15-8-5-9-16-42/h2*4-40H,1-3H3. The van der Waals surface area contributed by atoms with Crippen LogP contribution >= 0.6 is 0 Å². The van der Waals surface area contributed by atoms with Crippen molar-refractivity contribution in [2.45, 2.75) is 52.4 Å². The highest BCUT2D eigenvalue weighted by molar-refractivity contribution is 6.42. The molecule has 2 aliphatic rings. The Labute approximate surface area is 854 Å². The smallest absolute Gasteiger partial charge is 0.000719 e. The molecule has 0 spiro atoms. The Bertz CT molecular complexity index is 11500. The quantitative estimate of drug-likeness (QED) is 0.115. The Morgan fingerprint density at radius 1 is 0.108 bits per heavy atom. The first-order valence-electron chi connectivity index (χ1n) is 52.5. The van der Waals surface area contributed by atoms with Crippen molar-refractivity contribution in [2.75, 3.05) is 0 Å². The third kappa shape index (κ3) is 11.4. The van der Waals surface area contributed by atoms with Gasteiger partial charge in [-0.15, -0.1) is 0 Å². The van der Waals surface area contributed by atoms with Gasteiger partial charge in [0.2, 0.25) is 0 Å². The summed E-state index contributed by atoms with van der Waals surface area (Å²) < 4.78 is 0. The fourth-order valence-electron chi connectivity index (χ4n) is 27.9. The van der Waals surface area contributed by atoms with E-state index in [1.807, 2.05) is 0 Å². The molecule has 32 aromatic rings. The predicted molar refractivity (Wildman–Crippen MR) is 642 cm³/mol. The van der Waals surface area contributed by atoms with Gasteiger partial charge in [0.05, 0.1) is 0 Å². The first-order chi connectivity index (χ1) is 72.6. The maximum Gasteiger partial charge on any atom is -0.000719 e. The Morgan fingerprint density at radius 3 is 0.669 bits per heavy atom. The van der Waals surface area contributed by atoms with Crippen molar-refractivity contribution in [3.63, 3.8) is 0 Å². The van der Waals surface area contributed by atoms with Crippen LogP contribution in [-0.4, -0.2) is 0 Å². The molecule has 0 heteroatoms. The second-order valence-corrected chi connectivity index (χ2v) is 44.5. The van der Waals surface area contributed by atoms with Crippen LogP contribution in [0.25, 0.3) is 348 Å². The van der Waals surface area contributed by atoms with Crippen LogP contribution in [0.1, 0.15) is 52.7 Å². The normalized spacial score (nSPS) is 12.8. The van der Waals surface area contributed by atoms with Gasteiger partial charge in [-0.2, -0.15) is 0 Å². The predicted octanol–water partition coefficient (Wildman–Crippen LogP) is 42.4. The molecular weight excluding hydrogens is 1780 g/mol. The van der Waals surface area contributed by atoms with Crippen LogP contribution in [0.2, 0.25) is 0 Å². The van der Waals surface area contributed by atoms with Gasteiger partial charge in [0.15, 0.2) is 0 Å². The van der Waals surface area contributed by atoms with Crippen LogP contribution in [0.3, 0.4) is 0 Å². The molecule has 0 aromatic heterocycles. The molecular formula is C148H92. The molecule has 0 bridgehead atoms. The van der Waals surface area contributed by atoms with E-state index in [4.69, 9.17) is 0 Å². The topological polar surface area (TPSA) is 0 Å². The molecule has 0 saturated carbocycles. The summed E-state index contributed by atoms with van der Waals surface area (Å²) in [4.78, 5) is 0. The average Bonchev–Trinajstić information content (AvgIpc) is 1.51. The van der Waals surface area contributed by atoms with Gasteiger partial charge in [-0.3, -0.25) is 0 Å². The van der Waals surface area contributed by atoms with Crippen LogP contribution in [0.15, 0.2) is 449 Å². The molecule has 684 valence electrons. The van der Waals surface area contributed by atoms with Crippen LogP contribution in [0, 0.1) is 0 Å². The zero-order chi connectivity index (χ0) is 97.4. The summed E-state index contributed by atoms with van der Waals surface area (Å²) in [5.41, 5.74) is 28.6. The molecule has 0 radical (unpaired) electrons. The summed E-state index contributed by atoms with van der Waals surface area (Å²) in [6.45, 7) is 13.9. The molecule has 0 nitrogen and oxygen atoms in total. The van der Waals surface area contributed by atoms with Crippen molar-refractivity contribution in [3.8, 4) is 111 Å². The Balaban J connectivity index is 0.000000129. The van der Waals surface area contributed by atoms with Crippen molar-refractivity contribution < 1.29 is 0 Å². The number of fused-ring (bicyclic) bond motifs is 22. The zero-order valence-corrected chi connectivity index (χ0v) is 82.7. The fraction of sp³-hybridized carbons (Fsp3) is 0.0541. The molecule has 0 aliphatic heterocycles. The van der Waals surface area contributed by atoms with Gasteiger partial charge < -0.3 is 0 Å². The van der Waals surface area contributed by atoms with E-state index in [0.29, 0.717) is 0 Å². The van der Waals surface area contributed by atoms with Gasteiger partial charge in [-0.05, 0) is 443 Å². The summed E-state index contributed by atoms with van der Waals surface area (Å²) in [5, 5.41) is 57.2. The number of benzene rings is 32. The van der Waals surface area contributed by atoms with Crippen molar-refractivity contribution in [3.05, 3.63) is 460 Å². The van der Waals surface area contributed by atoms with Gasteiger partial charge in [-0.25, -0.2) is 0 Å². The van der Waals surface area contributed by atoms with E-state index in [2.05, 4.69) is 490 Å². The van der Waals surface area contributed by atoms with E-state index >= 15 is 0 Å². The summed E-state index contributed by atoms with van der Waals surface area (Å²) in [6.07, 6.45) is 0. The molecule has 0 N–H and O–H groups in total. The lowest BCUT2D eigenvalue weighted by molar-refractivity contribution is 0.591. The molecule has 0 fully saturated rings. The minimum atomic E-state index is 0.0624. The Morgan fingerprint density at radius 2 is 0.338 bits per heavy atom. The van der Waals surface area contributed by atoms with Gasteiger partial charge >= 0.3 is 0 Å². The minimum Gasteiger partial charge on any atom is -0.0622 e. The van der Waals surface area contributed by atoms with E-state index in [1.165, 1.54) is 359 Å². The number of hydrogen-bond donors (Lipinski definition) is 0. The van der Waals surface area contributed by atoms with Crippen LogP contribution in [-0.2, 0) is 10.8 Å². The first-order valence-corrected chi connectivity index (χ1v) is 52.5. The van der Waals surface area contributed by atoms with Crippen LogP contribution in [0.4, 0.5) is 0 Å². The van der Waals surface area contributed by atoms with Crippen molar-refractivity contribution >= 4 is 237 Å². The summed E-state index contributed by atoms with van der Waals surface area (Å²) >= 11 is 0. The van der Waals surface area contributed by atoms with Gasteiger partial charge in [0.1, 0.15) is 0 Å². The van der Waals surface area contributed by atoms with Crippen molar-refractivity contribution in [2.24, 2.45) is 0 Å². The molecule has 2 aliphatic carbocycles. The summed E-state index contributed by atoms with van der Waals surface area (Å²) in [6, 6.07) is 173. The van der Waals surface area contributed by atoms with Crippen molar-refractivity contribution in [1.29, 1.82) is 0 Å². The molecule has 34 rings (SSSR count). The third-order valence-electron chi connectivity index (χ3n) is 34.6. The monoisotopic (exact) mass is 1870 g/mol. The lowest BCUT2D eigenvalue weighted by Crippen LogP contribution is -2.10. The van der Waals surface area contributed by atoms with Gasteiger partial charge in [0.25, 0.3) is 0 Å². The molecule has 148 heavy (non-hydrogen) atoms. The molecule has 0 heterocycles. The fourth-order valence-corrected chi connectivity index (χ4v) is 27.9. The largest absolute Gasteiger partial charge is 0.0622 e. The minimum absolute atomic E-state index is 0.0624. The Kier molecular flexibility index (Phi) is 16.5. The van der Waals surface area contributed by atoms with Crippen molar-refractivity contribution in [1.82, 2.24) is 0 Å². The lowest BCUT2D eigenvalue weighted by Gasteiger charge is -2.22. The molecule has 0 unspecified atom stereocenters. The summed E-state index contributed by atoms with van der Waals surface area (Å²) in [7, 11) is 0. The van der Waals surface area contributed by atoms with Gasteiger partial charge in [-0.1, -0.05) is 418 Å². The lowest BCUT2D eigenvalue weighted by atomic mass is 9.80. The highest BCUT2D eigenvalue weighted by atomic mass is 14.4. The third-order valence-corrected chi connectivity index (χ3v) is 34.6. The van der Waals surface area contributed by atoms with E-state index in [0.717, 1.165) is 0 Å². The second-order valence-electron chi connectivity index (χ2n) is 44.5. The average molecular weight is 1870 g/mol. The number of hydrogen-bond acceptors (Lipinski definition) is 0. The van der Waals surface area contributed by atoms with E-state index in [1.54, 1.807) is 0 Å². The highest BCUT2D eigenvalue weighted by Gasteiger charge is 2.37. The van der Waals surface area contributed by atoms with E-state index < -0.39 is 0 Å². The van der Waals surface area contributed by atoms with E-state index in [-0.39, 0.29) is 10.8 Å².